The van der Waals surface area contributed by atoms with Gasteiger partial charge in [0.2, 0.25) is 5.91 Å². The normalized spacial score (nSPS) is 10.2. The van der Waals surface area contributed by atoms with E-state index >= 15 is 0 Å². The second kappa shape index (κ2) is 10.5. The van der Waals surface area contributed by atoms with Crippen LogP contribution in [0.15, 0.2) is 53.4 Å². The number of nitrogens with one attached hydrogen (secondary N) is 3. The van der Waals surface area contributed by atoms with Crippen LogP contribution >= 0.6 is 11.8 Å². The maximum Gasteiger partial charge on any atom is 0.252 e. The van der Waals surface area contributed by atoms with E-state index < -0.39 is 0 Å². The Bertz CT molecular complexity index is 752. The van der Waals surface area contributed by atoms with Crippen molar-refractivity contribution in [3.63, 3.8) is 0 Å². The fraction of sp³-hybridized carbons (Fsp3) is 0.263. The van der Waals surface area contributed by atoms with Crippen molar-refractivity contribution in [1.82, 2.24) is 10.6 Å². The molecule has 0 aromatic heterocycles. The van der Waals surface area contributed by atoms with Crippen LogP contribution in [0.4, 0.5) is 5.69 Å². The lowest BCUT2D eigenvalue weighted by Gasteiger charge is -2.10. The Morgan fingerprint density at radius 1 is 1.08 bits per heavy atom. The highest BCUT2D eigenvalue weighted by molar-refractivity contribution is 8.00. The summed E-state index contributed by atoms with van der Waals surface area (Å²) in [7, 11) is 3.41. The number of thioether (sulfide) groups is 1. The van der Waals surface area contributed by atoms with Crippen LogP contribution in [-0.4, -0.2) is 44.8 Å². The zero-order valence-corrected chi connectivity index (χ0v) is 15.7. The zero-order valence-electron chi connectivity index (χ0n) is 14.9. The van der Waals surface area contributed by atoms with Gasteiger partial charge in [-0.05, 0) is 31.3 Å². The Kier molecular flexibility index (Phi) is 7.98. The summed E-state index contributed by atoms with van der Waals surface area (Å²) >= 11 is 1.33. The van der Waals surface area contributed by atoms with E-state index in [1.165, 1.54) is 11.8 Å². The van der Waals surface area contributed by atoms with Crippen LogP contribution in [-0.2, 0) is 4.79 Å². The van der Waals surface area contributed by atoms with Crippen LogP contribution < -0.4 is 20.7 Å². The van der Waals surface area contributed by atoms with E-state index in [9.17, 15) is 9.59 Å². The largest absolute Gasteiger partial charge is 0.497 e. The maximum atomic E-state index is 12.3. The molecular formula is C19H23N3O3S. The molecule has 2 aromatic carbocycles. The smallest absolute Gasteiger partial charge is 0.252 e. The quantitative estimate of drug-likeness (QED) is 0.465. The van der Waals surface area contributed by atoms with Gasteiger partial charge in [0.15, 0.2) is 0 Å². The third-order valence-electron chi connectivity index (χ3n) is 3.50. The molecule has 0 unspecified atom stereocenters. The van der Waals surface area contributed by atoms with Gasteiger partial charge in [0, 0.05) is 29.7 Å². The van der Waals surface area contributed by atoms with Crippen molar-refractivity contribution in [3.8, 4) is 5.75 Å². The molecule has 26 heavy (non-hydrogen) atoms. The first-order valence-corrected chi connectivity index (χ1v) is 9.21. The molecule has 3 N–H and O–H groups in total. The van der Waals surface area contributed by atoms with Crippen molar-refractivity contribution >= 4 is 29.3 Å². The average molecular weight is 373 g/mol. The summed E-state index contributed by atoms with van der Waals surface area (Å²) in [4.78, 5) is 25.2. The summed E-state index contributed by atoms with van der Waals surface area (Å²) in [5.41, 5.74) is 1.25. The fourth-order valence-electron chi connectivity index (χ4n) is 2.22. The molecule has 0 saturated heterocycles. The minimum Gasteiger partial charge on any atom is -0.497 e. The molecule has 0 aliphatic heterocycles. The van der Waals surface area contributed by atoms with Crippen LogP contribution in [0, 0.1) is 0 Å². The third-order valence-corrected chi connectivity index (χ3v) is 4.58. The summed E-state index contributed by atoms with van der Waals surface area (Å²) in [6.07, 6.45) is 0. The van der Waals surface area contributed by atoms with Crippen LogP contribution in [0.1, 0.15) is 10.4 Å². The predicted molar refractivity (Wildman–Crippen MR) is 105 cm³/mol. The molecule has 0 fully saturated rings. The first-order chi connectivity index (χ1) is 12.6. The average Bonchev–Trinajstić information content (AvgIpc) is 2.67. The first kappa shape index (κ1) is 19.8. The Morgan fingerprint density at radius 3 is 2.65 bits per heavy atom. The van der Waals surface area contributed by atoms with Gasteiger partial charge in [0.25, 0.3) is 5.91 Å². The van der Waals surface area contributed by atoms with Gasteiger partial charge in [-0.15, -0.1) is 11.8 Å². The van der Waals surface area contributed by atoms with Crippen molar-refractivity contribution < 1.29 is 14.3 Å². The number of ether oxygens (including phenoxy) is 1. The van der Waals surface area contributed by atoms with E-state index in [0.29, 0.717) is 30.1 Å². The number of carbonyl (C=O) groups is 2. The molecule has 2 rings (SSSR count). The summed E-state index contributed by atoms with van der Waals surface area (Å²) in [6, 6.07) is 14.5. The predicted octanol–water partition coefficient (Wildman–Crippen LogP) is 2.38. The SMILES string of the molecule is CNCCNC(=O)c1ccccc1SCC(=O)Nc1cccc(OC)c1. The molecule has 0 spiro atoms. The van der Waals surface area contributed by atoms with Gasteiger partial charge >= 0.3 is 0 Å². The number of likely N-dealkylation sites (N-methyl/N-ethyl adjacent to an activating group) is 1. The van der Waals surface area contributed by atoms with Gasteiger partial charge in [-0.3, -0.25) is 9.59 Å². The lowest BCUT2D eigenvalue weighted by atomic mass is 10.2. The van der Waals surface area contributed by atoms with E-state index in [1.807, 2.05) is 37.4 Å². The molecule has 0 heterocycles. The van der Waals surface area contributed by atoms with E-state index in [-0.39, 0.29) is 17.6 Å². The Morgan fingerprint density at radius 2 is 1.88 bits per heavy atom. The standard InChI is InChI=1S/C19H23N3O3S/c1-20-10-11-21-19(24)16-8-3-4-9-17(16)26-13-18(23)22-14-6-5-7-15(12-14)25-2/h3-9,12,20H,10-11,13H2,1-2H3,(H,21,24)(H,22,23). The van der Waals surface area contributed by atoms with Crippen molar-refractivity contribution in [2.45, 2.75) is 4.90 Å². The topological polar surface area (TPSA) is 79.5 Å². The highest BCUT2D eigenvalue weighted by Crippen LogP contribution is 2.23. The van der Waals surface area contributed by atoms with Crippen LogP contribution in [0.25, 0.3) is 0 Å². The summed E-state index contributed by atoms with van der Waals surface area (Å²) < 4.78 is 5.14. The molecule has 0 aliphatic rings. The third kappa shape index (κ3) is 6.09. The number of hydrogen-bond donors (Lipinski definition) is 3. The summed E-state index contributed by atoms with van der Waals surface area (Å²) in [5.74, 6) is 0.599. The van der Waals surface area contributed by atoms with E-state index in [2.05, 4.69) is 16.0 Å². The molecule has 0 radical (unpaired) electrons. The van der Waals surface area contributed by atoms with E-state index in [0.717, 1.165) is 4.90 Å². The van der Waals surface area contributed by atoms with E-state index in [4.69, 9.17) is 4.74 Å². The first-order valence-electron chi connectivity index (χ1n) is 8.22. The summed E-state index contributed by atoms with van der Waals surface area (Å²) in [5, 5.41) is 8.66. The maximum absolute atomic E-state index is 12.3. The lowest BCUT2D eigenvalue weighted by Crippen LogP contribution is -2.30. The van der Waals surface area contributed by atoms with Crippen molar-refractivity contribution in [1.29, 1.82) is 0 Å². The van der Waals surface area contributed by atoms with Crippen LogP contribution in [0.5, 0.6) is 5.75 Å². The molecule has 0 saturated carbocycles. The van der Waals surface area contributed by atoms with Gasteiger partial charge < -0.3 is 20.7 Å². The molecule has 0 bridgehead atoms. The van der Waals surface area contributed by atoms with Crippen LogP contribution in [0.2, 0.25) is 0 Å². The number of carbonyl (C=O) groups excluding carboxylic acids is 2. The van der Waals surface area contributed by atoms with Crippen molar-refractivity contribution in [2.24, 2.45) is 0 Å². The van der Waals surface area contributed by atoms with Gasteiger partial charge in [0.1, 0.15) is 5.75 Å². The molecule has 0 aliphatic carbocycles. The Hall–Kier alpha value is -2.51. The number of rotatable bonds is 9. The van der Waals surface area contributed by atoms with Crippen molar-refractivity contribution in [2.75, 3.05) is 38.3 Å². The van der Waals surface area contributed by atoms with Gasteiger partial charge in [-0.2, -0.15) is 0 Å². The van der Waals surface area contributed by atoms with Crippen LogP contribution in [0.3, 0.4) is 0 Å². The minimum atomic E-state index is -0.145. The minimum absolute atomic E-state index is 0.142. The second-order valence-electron chi connectivity index (χ2n) is 5.42. The highest BCUT2D eigenvalue weighted by Gasteiger charge is 2.12. The molecule has 6 nitrogen and oxygen atoms in total. The Labute approximate surface area is 157 Å². The van der Waals surface area contributed by atoms with Gasteiger partial charge in [-0.25, -0.2) is 0 Å². The number of amides is 2. The molecular weight excluding hydrogens is 350 g/mol. The molecule has 7 heteroatoms. The van der Waals surface area contributed by atoms with E-state index in [1.54, 1.807) is 25.3 Å². The lowest BCUT2D eigenvalue weighted by molar-refractivity contribution is -0.113. The number of anilines is 1. The second-order valence-corrected chi connectivity index (χ2v) is 6.44. The monoisotopic (exact) mass is 373 g/mol. The zero-order chi connectivity index (χ0) is 18.8. The molecule has 138 valence electrons. The Balaban J connectivity index is 1.94. The molecule has 2 aromatic rings. The number of benzene rings is 2. The van der Waals surface area contributed by atoms with Gasteiger partial charge in [0.05, 0.1) is 18.4 Å². The highest BCUT2D eigenvalue weighted by atomic mass is 32.2. The summed E-state index contributed by atoms with van der Waals surface area (Å²) in [6.45, 7) is 1.24. The molecule has 2 amide bonds. The number of methoxy groups -OCH3 is 1. The fourth-order valence-corrected chi connectivity index (χ4v) is 3.07. The van der Waals surface area contributed by atoms with Crippen molar-refractivity contribution in [3.05, 3.63) is 54.1 Å². The number of hydrogen-bond acceptors (Lipinski definition) is 5. The van der Waals surface area contributed by atoms with Gasteiger partial charge in [-0.1, -0.05) is 18.2 Å². The molecule has 0 atom stereocenters.